The maximum atomic E-state index is 13.3. The number of carbonyl (C=O) groups is 2. The van der Waals surface area contributed by atoms with Crippen molar-refractivity contribution in [3.8, 4) is 5.00 Å². The summed E-state index contributed by atoms with van der Waals surface area (Å²) in [7, 11) is 0. The molecule has 0 spiro atoms. The lowest BCUT2D eigenvalue weighted by Crippen LogP contribution is -2.36. The summed E-state index contributed by atoms with van der Waals surface area (Å²) in [6.07, 6.45) is 8.83. The van der Waals surface area contributed by atoms with Crippen molar-refractivity contribution in [3.05, 3.63) is 63.3 Å². The fraction of sp³-hybridized carbons (Fsp3) is 0.517. The van der Waals surface area contributed by atoms with Gasteiger partial charge in [-0.15, -0.1) is 23.1 Å². The predicted octanol–water partition coefficient (Wildman–Crippen LogP) is 6.13. The highest BCUT2D eigenvalue weighted by Crippen LogP contribution is 2.36. The largest absolute Gasteiger partial charge is 0.456 e. The Labute approximate surface area is 234 Å². The molecule has 0 atom stereocenters. The van der Waals surface area contributed by atoms with E-state index in [0.717, 1.165) is 56.1 Å². The van der Waals surface area contributed by atoms with Gasteiger partial charge in [0.1, 0.15) is 10.6 Å². The third-order valence-electron chi connectivity index (χ3n) is 6.72. The number of aromatic nitrogens is 1. The summed E-state index contributed by atoms with van der Waals surface area (Å²) in [5, 5.41) is 7.76. The Morgan fingerprint density at radius 3 is 2.61 bits per heavy atom. The van der Waals surface area contributed by atoms with E-state index in [2.05, 4.69) is 46.0 Å². The van der Waals surface area contributed by atoms with E-state index >= 15 is 0 Å². The van der Waals surface area contributed by atoms with E-state index in [1.54, 1.807) is 11.3 Å². The minimum absolute atomic E-state index is 0.329. The summed E-state index contributed by atoms with van der Waals surface area (Å²) in [5.41, 5.74) is 2.98. The molecule has 2 aliphatic heterocycles. The van der Waals surface area contributed by atoms with E-state index in [4.69, 9.17) is 4.74 Å². The Hall–Kier alpha value is -2.49. The molecule has 4 rings (SSSR count). The highest BCUT2D eigenvalue weighted by molar-refractivity contribution is 8.03. The van der Waals surface area contributed by atoms with Crippen molar-refractivity contribution in [2.24, 2.45) is 0 Å². The first-order valence-electron chi connectivity index (χ1n) is 13.5. The first kappa shape index (κ1) is 28.5. The molecule has 0 bridgehead atoms. The minimum Gasteiger partial charge on any atom is -0.456 e. The number of amides is 2. The lowest BCUT2D eigenvalue weighted by Gasteiger charge is -2.25. The van der Waals surface area contributed by atoms with Crippen LogP contribution in [0, 0.1) is 0 Å². The molecule has 2 aromatic heterocycles. The van der Waals surface area contributed by atoms with Gasteiger partial charge in [-0.2, -0.15) is 0 Å². The minimum atomic E-state index is -0.638. The number of nitrogens with zero attached hydrogens (tertiary/aromatic N) is 2. The van der Waals surface area contributed by atoms with Crippen LogP contribution in [0.5, 0.6) is 0 Å². The molecule has 0 aromatic carbocycles. The first-order chi connectivity index (χ1) is 18.2. The van der Waals surface area contributed by atoms with E-state index < -0.39 is 11.6 Å². The first-order valence-corrected chi connectivity index (χ1v) is 15.3. The average Bonchev–Trinajstić information content (AvgIpc) is 3.51. The normalized spacial score (nSPS) is 17.3. The van der Waals surface area contributed by atoms with Crippen molar-refractivity contribution < 1.29 is 14.3 Å². The molecule has 206 valence electrons. The molecule has 7 nitrogen and oxygen atoms in total. The van der Waals surface area contributed by atoms with Crippen molar-refractivity contribution in [1.82, 2.24) is 20.1 Å². The highest BCUT2D eigenvalue weighted by Gasteiger charge is 2.28. The van der Waals surface area contributed by atoms with Crippen molar-refractivity contribution in [3.63, 3.8) is 0 Å². The highest BCUT2D eigenvalue weighted by atomic mass is 32.2. The van der Waals surface area contributed by atoms with Gasteiger partial charge in [-0.05, 0) is 82.0 Å². The van der Waals surface area contributed by atoms with Crippen LogP contribution in [0.2, 0.25) is 0 Å². The quantitative estimate of drug-likeness (QED) is 0.419. The second-order valence-electron chi connectivity index (χ2n) is 10.8. The summed E-state index contributed by atoms with van der Waals surface area (Å²) >= 11 is 3.30. The van der Waals surface area contributed by atoms with Gasteiger partial charge in [0.25, 0.3) is 0 Å². The van der Waals surface area contributed by atoms with Gasteiger partial charge in [-0.3, -0.25) is 4.90 Å². The zero-order valence-corrected chi connectivity index (χ0v) is 24.7. The molecule has 2 N–H and O–H groups in total. The summed E-state index contributed by atoms with van der Waals surface area (Å²) in [6, 6.07) is 3.71. The number of likely N-dealkylation sites (N-methyl/N-ethyl adjacent to an activating group) is 1. The van der Waals surface area contributed by atoms with Crippen LogP contribution >= 0.6 is 23.1 Å². The molecule has 0 fully saturated rings. The van der Waals surface area contributed by atoms with Crippen LogP contribution in [0.4, 0.5) is 4.79 Å². The van der Waals surface area contributed by atoms with Gasteiger partial charge in [0, 0.05) is 42.5 Å². The number of fused-ring (bicyclic) bond motifs is 1. The van der Waals surface area contributed by atoms with Gasteiger partial charge in [0.15, 0.2) is 0 Å². The molecule has 2 aromatic rings. The second kappa shape index (κ2) is 12.6. The number of thioether (sulfide) groups is 1. The van der Waals surface area contributed by atoms with Crippen LogP contribution in [0.15, 0.2) is 47.3 Å². The lowest BCUT2D eigenvalue weighted by atomic mass is 10.0. The number of hydrogen-bond donors (Lipinski definition) is 2. The van der Waals surface area contributed by atoms with Crippen LogP contribution in [0.25, 0.3) is 5.00 Å². The Bertz CT molecular complexity index is 1190. The van der Waals surface area contributed by atoms with Crippen molar-refractivity contribution in [1.29, 1.82) is 0 Å². The van der Waals surface area contributed by atoms with Crippen LogP contribution in [0.3, 0.4) is 0 Å². The number of rotatable bonds is 6. The molecule has 0 aliphatic carbocycles. The Morgan fingerprint density at radius 1 is 1.13 bits per heavy atom. The number of esters is 1. The standard InChI is InChI=1S/C29H40N4O3S2/c1-6-32-16-13-21-22(26(38-23(21)19-32)33-14-9-10-15-33)18-30-28(35)31-25-24(27(34)36-29(3,4)5)20(2)12-8-7-11-17-37-25/h9-10,14-15H,2,6-8,11-13,16-19H2,1,3-5H3,(H2,30,31,35). The Kier molecular flexibility index (Phi) is 9.44. The van der Waals surface area contributed by atoms with E-state index in [0.29, 0.717) is 29.1 Å². The fourth-order valence-electron chi connectivity index (χ4n) is 4.77. The molecule has 0 saturated carbocycles. The van der Waals surface area contributed by atoms with Gasteiger partial charge in [-0.25, -0.2) is 9.59 Å². The zero-order chi connectivity index (χ0) is 27.3. The third kappa shape index (κ3) is 7.12. The van der Waals surface area contributed by atoms with Gasteiger partial charge in [0.05, 0.1) is 10.6 Å². The number of carbonyl (C=O) groups excluding carboxylic acids is 2. The molecular formula is C29H40N4O3S2. The third-order valence-corrected chi connectivity index (χ3v) is 9.08. The Morgan fingerprint density at radius 2 is 1.89 bits per heavy atom. The van der Waals surface area contributed by atoms with Crippen molar-refractivity contribution >= 4 is 35.1 Å². The molecular weight excluding hydrogens is 516 g/mol. The number of hydrogen-bond acceptors (Lipinski definition) is 6. The maximum absolute atomic E-state index is 13.3. The van der Waals surface area contributed by atoms with E-state index in [-0.39, 0.29) is 6.03 Å². The van der Waals surface area contributed by atoms with E-state index in [9.17, 15) is 9.59 Å². The van der Waals surface area contributed by atoms with E-state index in [1.165, 1.54) is 27.8 Å². The van der Waals surface area contributed by atoms with Crippen LogP contribution in [0.1, 0.15) is 69.4 Å². The van der Waals surface area contributed by atoms with Crippen molar-refractivity contribution in [2.75, 3.05) is 18.8 Å². The zero-order valence-electron chi connectivity index (χ0n) is 23.0. The summed E-state index contributed by atoms with van der Waals surface area (Å²) in [5.74, 6) is 0.383. The number of nitrogens with one attached hydrogen (secondary N) is 2. The smallest absolute Gasteiger partial charge is 0.341 e. The number of ether oxygens (including phenoxy) is 1. The summed E-state index contributed by atoms with van der Waals surface area (Å²) < 4.78 is 7.84. The van der Waals surface area contributed by atoms with Gasteiger partial charge in [-0.1, -0.05) is 19.9 Å². The molecule has 4 heterocycles. The average molecular weight is 557 g/mol. The van der Waals surface area contributed by atoms with Gasteiger partial charge in [0.2, 0.25) is 0 Å². The fourth-order valence-corrected chi connectivity index (χ4v) is 7.23. The Balaban J connectivity index is 1.56. The maximum Gasteiger partial charge on any atom is 0.341 e. The SMILES string of the molecule is C=C1CCCCCSC(NC(=O)NCc2c(-n3cccc3)sc3c2CCN(CC)C3)=C1C(=O)OC(C)(C)C. The van der Waals surface area contributed by atoms with Crippen LogP contribution in [-0.4, -0.2) is 45.9 Å². The van der Waals surface area contributed by atoms with Gasteiger partial charge >= 0.3 is 12.0 Å². The summed E-state index contributed by atoms with van der Waals surface area (Å²) in [6.45, 7) is 15.3. The van der Waals surface area contributed by atoms with Crippen LogP contribution < -0.4 is 10.6 Å². The lowest BCUT2D eigenvalue weighted by molar-refractivity contribution is -0.149. The topological polar surface area (TPSA) is 75.6 Å². The second-order valence-corrected chi connectivity index (χ2v) is 13.0. The molecule has 2 amide bonds. The molecule has 0 unspecified atom stereocenters. The molecule has 2 aliphatic rings. The number of urea groups is 1. The van der Waals surface area contributed by atoms with E-state index in [1.807, 2.05) is 32.9 Å². The molecule has 0 radical (unpaired) electrons. The monoisotopic (exact) mass is 556 g/mol. The number of thiophene rings is 1. The molecule has 9 heteroatoms. The molecule has 0 saturated heterocycles. The van der Waals surface area contributed by atoms with Crippen molar-refractivity contribution in [2.45, 2.75) is 78.5 Å². The predicted molar refractivity (Wildman–Crippen MR) is 157 cm³/mol. The summed E-state index contributed by atoms with van der Waals surface area (Å²) in [4.78, 5) is 30.3. The van der Waals surface area contributed by atoms with Crippen LogP contribution in [-0.2, 0) is 29.0 Å². The molecule has 38 heavy (non-hydrogen) atoms. The van der Waals surface area contributed by atoms with Gasteiger partial charge < -0.3 is 19.9 Å².